The first-order valence-corrected chi connectivity index (χ1v) is 7.98. The summed E-state index contributed by atoms with van der Waals surface area (Å²) in [5.41, 5.74) is 0.994. The highest BCUT2D eigenvalue weighted by molar-refractivity contribution is 7.91. The smallest absolute Gasteiger partial charge is 0.317 e. The lowest BCUT2D eigenvalue weighted by Gasteiger charge is -2.26. The number of carboxylic acid groups (broad SMARTS) is 1. The lowest BCUT2D eigenvalue weighted by Crippen LogP contribution is -2.39. The SMILES string of the molecule is O=C(O)CN(Cc1ccccc1)[C@@H]1CCS(=O)(=O)C1. The molecule has 1 aromatic rings. The summed E-state index contributed by atoms with van der Waals surface area (Å²) in [6, 6.07) is 9.31. The van der Waals surface area contributed by atoms with Crippen LogP contribution < -0.4 is 0 Å². The van der Waals surface area contributed by atoms with Crippen molar-refractivity contribution < 1.29 is 18.3 Å². The maximum absolute atomic E-state index is 11.5. The molecule has 1 aliphatic heterocycles. The Morgan fingerprint density at radius 3 is 2.53 bits per heavy atom. The summed E-state index contributed by atoms with van der Waals surface area (Å²) < 4.78 is 23.0. The van der Waals surface area contributed by atoms with Gasteiger partial charge in [0.15, 0.2) is 9.84 Å². The Labute approximate surface area is 112 Å². The van der Waals surface area contributed by atoms with E-state index in [1.165, 1.54) is 0 Å². The third kappa shape index (κ3) is 4.04. The molecule has 0 aliphatic carbocycles. The van der Waals surface area contributed by atoms with E-state index in [0.29, 0.717) is 13.0 Å². The van der Waals surface area contributed by atoms with Crippen LogP contribution >= 0.6 is 0 Å². The zero-order valence-corrected chi connectivity index (χ0v) is 11.3. The van der Waals surface area contributed by atoms with Crippen molar-refractivity contribution in [1.29, 1.82) is 0 Å². The summed E-state index contributed by atoms with van der Waals surface area (Å²) in [5.74, 6) is -0.712. The van der Waals surface area contributed by atoms with Gasteiger partial charge in [-0.3, -0.25) is 9.69 Å². The normalized spacial score (nSPS) is 21.6. The molecule has 0 saturated carbocycles. The Kier molecular flexibility index (Phi) is 4.21. The van der Waals surface area contributed by atoms with Gasteiger partial charge in [0.25, 0.3) is 0 Å². The van der Waals surface area contributed by atoms with E-state index in [9.17, 15) is 13.2 Å². The van der Waals surface area contributed by atoms with E-state index in [1.54, 1.807) is 4.90 Å². The van der Waals surface area contributed by atoms with E-state index in [2.05, 4.69) is 0 Å². The molecule has 0 spiro atoms. The minimum atomic E-state index is -3.00. The molecule has 0 unspecified atom stereocenters. The Morgan fingerprint density at radius 2 is 2.00 bits per heavy atom. The summed E-state index contributed by atoms with van der Waals surface area (Å²) >= 11 is 0. The highest BCUT2D eigenvalue weighted by Gasteiger charge is 2.33. The second-order valence-corrected chi connectivity index (χ2v) is 7.07. The summed E-state index contributed by atoms with van der Waals surface area (Å²) in [6.45, 7) is 0.336. The van der Waals surface area contributed by atoms with E-state index in [0.717, 1.165) is 5.56 Å². The Hall–Kier alpha value is -1.40. The van der Waals surface area contributed by atoms with Gasteiger partial charge >= 0.3 is 5.97 Å². The fraction of sp³-hybridized carbons (Fsp3) is 0.462. The number of nitrogens with zero attached hydrogens (tertiary/aromatic N) is 1. The summed E-state index contributed by atoms with van der Waals surface area (Å²) in [4.78, 5) is 12.7. The van der Waals surface area contributed by atoms with Gasteiger partial charge in [0.1, 0.15) is 0 Å². The van der Waals surface area contributed by atoms with E-state index >= 15 is 0 Å². The van der Waals surface area contributed by atoms with Crippen molar-refractivity contribution in [2.45, 2.75) is 19.0 Å². The molecule has 5 nitrogen and oxygen atoms in total. The van der Waals surface area contributed by atoms with Gasteiger partial charge in [-0.25, -0.2) is 8.42 Å². The molecule has 0 bridgehead atoms. The molecule has 0 amide bonds. The fourth-order valence-corrected chi connectivity index (χ4v) is 4.13. The second-order valence-electron chi connectivity index (χ2n) is 4.84. The molecule has 0 radical (unpaired) electrons. The van der Waals surface area contributed by atoms with Crippen LogP contribution in [0.2, 0.25) is 0 Å². The molecule has 1 aromatic carbocycles. The highest BCUT2D eigenvalue weighted by Crippen LogP contribution is 2.19. The molecule has 104 valence electrons. The van der Waals surface area contributed by atoms with Crippen LogP contribution in [0.5, 0.6) is 0 Å². The van der Waals surface area contributed by atoms with Crippen molar-refractivity contribution in [1.82, 2.24) is 4.90 Å². The van der Waals surface area contributed by atoms with E-state index < -0.39 is 15.8 Å². The zero-order chi connectivity index (χ0) is 13.9. The van der Waals surface area contributed by atoms with Gasteiger partial charge in [-0.15, -0.1) is 0 Å². The molecule has 1 saturated heterocycles. The topological polar surface area (TPSA) is 74.7 Å². The number of aliphatic carboxylic acids is 1. The molecule has 1 aliphatic rings. The second kappa shape index (κ2) is 5.71. The predicted molar refractivity (Wildman–Crippen MR) is 71.5 cm³/mol. The van der Waals surface area contributed by atoms with Crippen LogP contribution in [-0.2, 0) is 21.2 Å². The first kappa shape index (κ1) is 14.0. The monoisotopic (exact) mass is 283 g/mol. The minimum absolute atomic E-state index is 0.0626. The van der Waals surface area contributed by atoms with E-state index in [4.69, 9.17) is 5.11 Å². The molecule has 1 N–H and O–H groups in total. The standard InChI is InChI=1S/C13H17NO4S/c15-13(16)9-14(8-11-4-2-1-3-5-11)12-6-7-19(17,18)10-12/h1-5,12H,6-10H2,(H,15,16)/t12-/m1/s1. The number of hydrogen-bond acceptors (Lipinski definition) is 4. The van der Waals surface area contributed by atoms with Gasteiger partial charge in [0, 0.05) is 12.6 Å². The van der Waals surface area contributed by atoms with Crippen LogP contribution in [0.3, 0.4) is 0 Å². The molecule has 1 heterocycles. The number of rotatable bonds is 5. The molecule has 0 aromatic heterocycles. The van der Waals surface area contributed by atoms with Crippen molar-refractivity contribution >= 4 is 15.8 Å². The third-order valence-corrected chi connectivity index (χ3v) is 5.04. The van der Waals surface area contributed by atoms with Crippen molar-refractivity contribution in [3.8, 4) is 0 Å². The van der Waals surface area contributed by atoms with Gasteiger partial charge in [-0.1, -0.05) is 30.3 Å². The lowest BCUT2D eigenvalue weighted by molar-refractivity contribution is -0.139. The van der Waals surface area contributed by atoms with Crippen LogP contribution in [0.25, 0.3) is 0 Å². The summed E-state index contributed by atoms with van der Waals surface area (Å²) in [5, 5.41) is 8.96. The Morgan fingerprint density at radius 1 is 1.32 bits per heavy atom. The van der Waals surface area contributed by atoms with Gasteiger partial charge < -0.3 is 5.11 Å². The fourth-order valence-electron chi connectivity index (χ4n) is 2.37. The summed E-state index contributed by atoms with van der Waals surface area (Å²) in [6.07, 6.45) is 0.516. The maximum atomic E-state index is 11.5. The lowest BCUT2D eigenvalue weighted by atomic mass is 10.1. The third-order valence-electron chi connectivity index (χ3n) is 3.29. The number of hydrogen-bond donors (Lipinski definition) is 1. The first-order valence-electron chi connectivity index (χ1n) is 6.16. The minimum Gasteiger partial charge on any atom is -0.480 e. The van der Waals surface area contributed by atoms with Crippen LogP contribution in [-0.4, -0.2) is 48.5 Å². The van der Waals surface area contributed by atoms with Crippen molar-refractivity contribution in [3.05, 3.63) is 35.9 Å². The van der Waals surface area contributed by atoms with Crippen molar-refractivity contribution in [2.75, 3.05) is 18.1 Å². The summed E-state index contributed by atoms with van der Waals surface area (Å²) in [7, 11) is -3.00. The Balaban J connectivity index is 2.10. The molecule has 6 heteroatoms. The quantitative estimate of drug-likeness (QED) is 0.863. The number of carboxylic acids is 1. The van der Waals surface area contributed by atoms with Crippen molar-refractivity contribution in [2.24, 2.45) is 0 Å². The predicted octanol–water partition coefficient (Wildman–Crippen LogP) is 0.760. The molecule has 1 atom stereocenters. The van der Waals surface area contributed by atoms with Crippen LogP contribution in [0, 0.1) is 0 Å². The van der Waals surface area contributed by atoms with Crippen LogP contribution in [0.4, 0.5) is 0 Å². The van der Waals surface area contributed by atoms with Gasteiger partial charge in [0.2, 0.25) is 0 Å². The van der Waals surface area contributed by atoms with Crippen LogP contribution in [0.15, 0.2) is 30.3 Å². The first-order chi connectivity index (χ1) is 8.96. The number of benzene rings is 1. The van der Waals surface area contributed by atoms with E-state index in [1.807, 2.05) is 30.3 Å². The average molecular weight is 283 g/mol. The number of sulfone groups is 1. The highest BCUT2D eigenvalue weighted by atomic mass is 32.2. The molecular formula is C13H17NO4S. The molecule has 1 fully saturated rings. The zero-order valence-electron chi connectivity index (χ0n) is 10.5. The Bertz CT molecular complexity index is 541. The van der Waals surface area contributed by atoms with Crippen LogP contribution in [0.1, 0.15) is 12.0 Å². The molecule has 19 heavy (non-hydrogen) atoms. The van der Waals surface area contributed by atoms with Gasteiger partial charge in [-0.05, 0) is 12.0 Å². The molecule has 2 rings (SSSR count). The molecular weight excluding hydrogens is 266 g/mol. The van der Waals surface area contributed by atoms with Crippen molar-refractivity contribution in [3.63, 3.8) is 0 Å². The average Bonchev–Trinajstić information content (AvgIpc) is 2.70. The van der Waals surface area contributed by atoms with Gasteiger partial charge in [-0.2, -0.15) is 0 Å². The maximum Gasteiger partial charge on any atom is 0.317 e. The largest absolute Gasteiger partial charge is 0.480 e. The van der Waals surface area contributed by atoms with Gasteiger partial charge in [0.05, 0.1) is 18.1 Å². The van der Waals surface area contributed by atoms with E-state index in [-0.39, 0.29) is 24.1 Å². The number of carbonyl (C=O) groups is 1.